The number of amides is 1. The first-order valence-electron chi connectivity index (χ1n) is 13.7. The molecule has 3 aromatic carbocycles. The quantitative estimate of drug-likeness (QED) is 0.185. The third kappa shape index (κ3) is 5.84. The summed E-state index contributed by atoms with van der Waals surface area (Å²) in [7, 11) is -2.66. The third-order valence-corrected chi connectivity index (χ3v) is 9.35. The van der Waals surface area contributed by atoms with Gasteiger partial charge in [-0.2, -0.15) is 5.10 Å². The molecule has 5 aromatic rings. The second kappa shape index (κ2) is 12.4. The molecule has 0 aliphatic heterocycles. The molecule has 12 heteroatoms. The van der Waals surface area contributed by atoms with E-state index in [1.54, 1.807) is 61.1 Å². The van der Waals surface area contributed by atoms with Crippen molar-refractivity contribution in [3.63, 3.8) is 0 Å². The van der Waals surface area contributed by atoms with Crippen LogP contribution in [-0.4, -0.2) is 41.0 Å². The van der Waals surface area contributed by atoms with Crippen molar-refractivity contribution in [2.45, 2.75) is 25.7 Å². The Morgan fingerprint density at radius 3 is 2.16 bits per heavy atom. The van der Waals surface area contributed by atoms with E-state index >= 15 is 0 Å². The molecule has 0 saturated heterocycles. The van der Waals surface area contributed by atoms with Crippen LogP contribution >= 0.6 is 11.6 Å². The number of hydrogen-bond acceptors (Lipinski definition) is 5. The zero-order valence-corrected chi connectivity index (χ0v) is 26.2. The standard InChI is InChI=1S/C32H31ClN6O4S/c1-22-19-25(23(2)38(22)27-17-15-26(33)16-18-27)20-34-35-30(40)21-37(44(42,43)29-13-9-6-10-14-29)31-24(3)36(4)39(32(31)41)28-11-7-5-8-12-28/h5-20H,21H2,1-4H3,(H,35,40)/b34-20+. The van der Waals surface area contributed by atoms with Gasteiger partial charge in [-0.25, -0.2) is 22.8 Å². The number of anilines is 1. The van der Waals surface area contributed by atoms with Gasteiger partial charge in [0.15, 0.2) is 0 Å². The van der Waals surface area contributed by atoms with Crippen LogP contribution in [0.15, 0.2) is 106 Å². The van der Waals surface area contributed by atoms with E-state index in [2.05, 4.69) is 10.5 Å². The number of carbonyl (C=O) groups excluding carboxylic acids is 1. The lowest BCUT2D eigenvalue weighted by Gasteiger charge is -2.22. The summed E-state index contributed by atoms with van der Waals surface area (Å²) in [6, 6.07) is 25.9. The van der Waals surface area contributed by atoms with Gasteiger partial charge in [-0.1, -0.05) is 48.0 Å². The van der Waals surface area contributed by atoms with Gasteiger partial charge in [-0.05, 0) is 75.4 Å². The predicted octanol–water partition coefficient (Wildman–Crippen LogP) is 4.89. The first-order chi connectivity index (χ1) is 21.0. The monoisotopic (exact) mass is 630 g/mol. The van der Waals surface area contributed by atoms with E-state index in [0.717, 1.165) is 26.9 Å². The van der Waals surface area contributed by atoms with Crippen LogP contribution in [0.3, 0.4) is 0 Å². The second-order valence-electron chi connectivity index (χ2n) is 10.2. The number of sulfonamides is 1. The number of nitrogens with zero attached hydrogens (tertiary/aromatic N) is 5. The van der Waals surface area contributed by atoms with Gasteiger partial charge < -0.3 is 4.57 Å². The van der Waals surface area contributed by atoms with Crippen molar-refractivity contribution in [3.8, 4) is 11.4 Å². The van der Waals surface area contributed by atoms with E-state index in [0.29, 0.717) is 16.4 Å². The minimum atomic E-state index is -4.32. The Morgan fingerprint density at radius 2 is 1.52 bits per heavy atom. The highest BCUT2D eigenvalue weighted by Gasteiger charge is 2.33. The fourth-order valence-electron chi connectivity index (χ4n) is 5.09. The third-order valence-electron chi connectivity index (χ3n) is 7.34. The Labute approximate surface area is 260 Å². The molecule has 0 radical (unpaired) electrons. The maximum Gasteiger partial charge on any atom is 0.296 e. The lowest BCUT2D eigenvalue weighted by atomic mass is 10.2. The van der Waals surface area contributed by atoms with Gasteiger partial charge in [0.05, 0.1) is 22.5 Å². The molecule has 10 nitrogen and oxygen atoms in total. The first kappa shape index (κ1) is 30.6. The topological polar surface area (TPSA) is 111 Å². The molecule has 0 atom stereocenters. The molecule has 0 spiro atoms. The van der Waals surface area contributed by atoms with Gasteiger partial charge in [-0.3, -0.25) is 14.3 Å². The van der Waals surface area contributed by atoms with E-state index in [9.17, 15) is 18.0 Å². The number of benzene rings is 3. The molecule has 5 rings (SSSR count). The summed E-state index contributed by atoms with van der Waals surface area (Å²) in [5.41, 5.74) is 6.16. The number of aryl methyl sites for hydroxylation is 1. The molecule has 0 bridgehead atoms. The minimum absolute atomic E-state index is 0.0557. The van der Waals surface area contributed by atoms with Crippen LogP contribution in [0.5, 0.6) is 0 Å². The number of para-hydroxylation sites is 1. The molecular weight excluding hydrogens is 600 g/mol. The van der Waals surface area contributed by atoms with Gasteiger partial charge >= 0.3 is 0 Å². The molecule has 226 valence electrons. The van der Waals surface area contributed by atoms with Crippen LogP contribution in [0.4, 0.5) is 5.69 Å². The highest BCUT2D eigenvalue weighted by Crippen LogP contribution is 2.25. The molecule has 1 N–H and O–H groups in total. The molecular formula is C32H31ClN6O4S. The van der Waals surface area contributed by atoms with Gasteiger partial charge in [0.2, 0.25) is 0 Å². The van der Waals surface area contributed by atoms with E-state index < -0.39 is 28.0 Å². The van der Waals surface area contributed by atoms with Gasteiger partial charge in [0.1, 0.15) is 12.2 Å². The van der Waals surface area contributed by atoms with Crippen LogP contribution in [0, 0.1) is 20.8 Å². The molecule has 0 saturated carbocycles. The van der Waals surface area contributed by atoms with Crippen LogP contribution in [0.2, 0.25) is 5.02 Å². The SMILES string of the molecule is Cc1cc(/C=N/NC(=O)CN(c2c(C)n(C)n(-c3ccccc3)c2=O)S(=O)(=O)c2ccccc2)c(C)n1-c1ccc(Cl)cc1. The largest absolute Gasteiger partial charge is 0.318 e. The average Bonchev–Trinajstić information content (AvgIpc) is 3.42. The van der Waals surface area contributed by atoms with E-state index in [1.165, 1.54) is 23.0 Å². The summed E-state index contributed by atoms with van der Waals surface area (Å²) in [5, 5.41) is 4.75. The lowest BCUT2D eigenvalue weighted by Crippen LogP contribution is -2.42. The Morgan fingerprint density at radius 1 is 0.909 bits per heavy atom. The lowest BCUT2D eigenvalue weighted by molar-refractivity contribution is -0.119. The molecule has 0 aliphatic rings. The number of hydrogen-bond donors (Lipinski definition) is 1. The Bertz CT molecular complexity index is 2010. The van der Waals surface area contributed by atoms with Gasteiger partial charge in [0, 0.05) is 34.7 Å². The Hall–Kier alpha value is -4.87. The van der Waals surface area contributed by atoms with Crippen molar-refractivity contribution in [2.75, 3.05) is 10.8 Å². The van der Waals surface area contributed by atoms with Crippen molar-refractivity contribution < 1.29 is 13.2 Å². The van der Waals surface area contributed by atoms with E-state index in [-0.39, 0.29) is 10.6 Å². The van der Waals surface area contributed by atoms with E-state index in [4.69, 9.17) is 11.6 Å². The Kier molecular flexibility index (Phi) is 8.61. The van der Waals surface area contributed by atoms with Crippen molar-refractivity contribution in [2.24, 2.45) is 12.1 Å². The van der Waals surface area contributed by atoms with Crippen LogP contribution in [-0.2, 0) is 21.9 Å². The number of rotatable bonds is 9. The number of nitrogens with one attached hydrogen (secondary N) is 1. The molecule has 0 aliphatic carbocycles. The normalized spacial score (nSPS) is 11.7. The average molecular weight is 631 g/mol. The van der Waals surface area contributed by atoms with E-state index in [1.807, 2.05) is 54.8 Å². The summed E-state index contributed by atoms with van der Waals surface area (Å²) >= 11 is 6.04. The maximum absolute atomic E-state index is 13.9. The summed E-state index contributed by atoms with van der Waals surface area (Å²) in [5.74, 6) is -0.721. The van der Waals surface area contributed by atoms with Crippen LogP contribution in [0.25, 0.3) is 11.4 Å². The van der Waals surface area contributed by atoms with Crippen molar-refractivity contribution in [1.82, 2.24) is 19.4 Å². The van der Waals surface area contributed by atoms with Crippen molar-refractivity contribution in [1.29, 1.82) is 0 Å². The number of aromatic nitrogens is 3. The summed E-state index contributed by atoms with van der Waals surface area (Å²) in [6.07, 6.45) is 1.50. The summed E-state index contributed by atoms with van der Waals surface area (Å²) in [4.78, 5) is 27.0. The summed E-state index contributed by atoms with van der Waals surface area (Å²) in [6.45, 7) is 4.84. The fraction of sp³-hybridized carbons (Fsp3) is 0.156. The maximum atomic E-state index is 13.9. The van der Waals surface area contributed by atoms with Crippen molar-refractivity contribution >= 4 is 39.4 Å². The number of carbonyl (C=O) groups is 1. The highest BCUT2D eigenvalue weighted by molar-refractivity contribution is 7.92. The van der Waals surface area contributed by atoms with Gasteiger partial charge in [0.25, 0.3) is 21.5 Å². The summed E-state index contributed by atoms with van der Waals surface area (Å²) < 4.78 is 33.6. The van der Waals surface area contributed by atoms with Crippen LogP contribution < -0.4 is 15.3 Å². The second-order valence-corrected chi connectivity index (χ2v) is 12.5. The van der Waals surface area contributed by atoms with Gasteiger partial charge in [-0.15, -0.1) is 0 Å². The van der Waals surface area contributed by atoms with Crippen LogP contribution in [0.1, 0.15) is 22.6 Å². The Balaban J connectivity index is 1.46. The van der Waals surface area contributed by atoms with Crippen molar-refractivity contribution in [3.05, 3.63) is 129 Å². The molecule has 2 heterocycles. The highest BCUT2D eigenvalue weighted by atomic mass is 35.5. The number of halogens is 1. The zero-order valence-electron chi connectivity index (χ0n) is 24.6. The predicted molar refractivity (Wildman–Crippen MR) is 173 cm³/mol. The zero-order chi connectivity index (χ0) is 31.6. The molecule has 1 amide bonds. The first-order valence-corrected chi connectivity index (χ1v) is 15.5. The molecule has 0 unspecified atom stereocenters. The number of hydrazone groups is 1. The minimum Gasteiger partial charge on any atom is -0.318 e. The fourth-order valence-corrected chi connectivity index (χ4v) is 6.71. The molecule has 2 aromatic heterocycles. The molecule has 0 fully saturated rings. The molecule has 44 heavy (non-hydrogen) atoms. The smallest absolute Gasteiger partial charge is 0.296 e.